The second kappa shape index (κ2) is 9.50. The highest BCUT2D eigenvalue weighted by molar-refractivity contribution is 5.96. The number of carbonyl (C=O) groups excluding carboxylic acids is 2. The van der Waals surface area contributed by atoms with Gasteiger partial charge in [0.1, 0.15) is 5.75 Å². The van der Waals surface area contributed by atoms with Crippen LogP contribution in [0, 0.1) is 0 Å². The molecule has 0 saturated heterocycles. The van der Waals surface area contributed by atoms with Crippen molar-refractivity contribution >= 4 is 11.7 Å². The predicted molar refractivity (Wildman–Crippen MR) is 94.3 cm³/mol. The highest BCUT2D eigenvalue weighted by atomic mass is 16.5. The number of Topliss-reactive ketones (excluding diaryl/α,β-unsaturated/α-hetero) is 1. The molecule has 2 aromatic rings. The molecule has 0 saturated carbocycles. The van der Waals surface area contributed by atoms with Crippen LogP contribution in [0.5, 0.6) is 5.75 Å². The molecule has 24 heavy (non-hydrogen) atoms. The van der Waals surface area contributed by atoms with Gasteiger partial charge in [-0.3, -0.25) is 9.59 Å². The minimum absolute atomic E-state index is 0.00605. The summed E-state index contributed by atoms with van der Waals surface area (Å²) in [6.07, 6.45) is 2.12. The lowest BCUT2D eigenvalue weighted by Crippen LogP contribution is -2.25. The number of carbonyl (C=O) groups is 2. The average molecular weight is 325 g/mol. The monoisotopic (exact) mass is 325 g/mol. The molecule has 4 heteroatoms. The third-order valence-corrected chi connectivity index (χ3v) is 3.80. The van der Waals surface area contributed by atoms with E-state index in [1.807, 2.05) is 30.3 Å². The van der Waals surface area contributed by atoms with Crippen molar-refractivity contribution in [2.45, 2.75) is 25.7 Å². The van der Waals surface area contributed by atoms with Gasteiger partial charge in [0.2, 0.25) is 5.91 Å². The fourth-order valence-corrected chi connectivity index (χ4v) is 2.41. The minimum atomic E-state index is -0.00605. The first-order valence-corrected chi connectivity index (χ1v) is 8.17. The number of ether oxygens (including phenoxy) is 1. The summed E-state index contributed by atoms with van der Waals surface area (Å²) in [7, 11) is 1.59. The maximum absolute atomic E-state index is 12.1. The minimum Gasteiger partial charge on any atom is -0.497 e. The second-order valence-electron chi connectivity index (χ2n) is 5.59. The Hall–Kier alpha value is -2.62. The Labute approximate surface area is 142 Å². The Morgan fingerprint density at radius 3 is 2.33 bits per heavy atom. The zero-order valence-corrected chi connectivity index (χ0v) is 14.0. The SMILES string of the molecule is COc1ccc(C(=O)CCCC(=O)NCCc2ccccc2)cc1. The molecule has 0 heterocycles. The van der Waals surface area contributed by atoms with E-state index in [1.54, 1.807) is 31.4 Å². The molecular formula is C20H23NO3. The Morgan fingerprint density at radius 2 is 1.67 bits per heavy atom. The van der Waals surface area contributed by atoms with Crippen molar-refractivity contribution in [1.29, 1.82) is 0 Å². The molecule has 2 rings (SSSR count). The van der Waals surface area contributed by atoms with E-state index in [1.165, 1.54) is 5.56 Å². The smallest absolute Gasteiger partial charge is 0.220 e. The number of benzene rings is 2. The van der Waals surface area contributed by atoms with E-state index in [9.17, 15) is 9.59 Å². The van der Waals surface area contributed by atoms with Crippen molar-refractivity contribution in [3.63, 3.8) is 0 Å². The van der Waals surface area contributed by atoms with Crippen molar-refractivity contribution in [2.24, 2.45) is 0 Å². The van der Waals surface area contributed by atoms with E-state index in [4.69, 9.17) is 4.74 Å². The molecule has 0 fully saturated rings. The van der Waals surface area contributed by atoms with E-state index in [0.29, 0.717) is 31.4 Å². The zero-order valence-electron chi connectivity index (χ0n) is 14.0. The van der Waals surface area contributed by atoms with Gasteiger partial charge in [-0.2, -0.15) is 0 Å². The Balaban J connectivity index is 1.63. The molecule has 0 spiro atoms. The summed E-state index contributed by atoms with van der Waals surface area (Å²) < 4.78 is 5.07. The topological polar surface area (TPSA) is 55.4 Å². The largest absolute Gasteiger partial charge is 0.497 e. The zero-order chi connectivity index (χ0) is 17.2. The molecule has 0 bridgehead atoms. The third kappa shape index (κ3) is 5.88. The average Bonchev–Trinajstić information content (AvgIpc) is 2.62. The first-order valence-electron chi connectivity index (χ1n) is 8.17. The normalized spacial score (nSPS) is 10.2. The molecule has 1 N–H and O–H groups in total. The first-order chi connectivity index (χ1) is 11.7. The van der Waals surface area contributed by atoms with Gasteiger partial charge in [-0.1, -0.05) is 30.3 Å². The van der Waals surface area contributed by atoms with Crippen LogP contribution in [0.4, 0.5) is 0 Å². The van der Waals surface area contributed by atoms with Crippen LogP contribution in [0.1, 0.15) is 35.2 Å². The number of rotatable bonds is 9. The summed E-state index contributed by atoms with van der Waals surface area (Å²) in [5.41, 5.74) is 1.85. The van der Waals surface area contributed by atoms with Gasteiger partial charge in [0.15, 0.2) is 5.78 Å². The number of amides is 1. The van der Waals surface area contributed by atoms with Gasteiger partial charge in [-0.15, -0.1) is 0 Å². The molecule has 0 aromatic heterocycles. The second-order valence-corrected chi connectivity index (χ2v) is 5.59. The number of hydrogen-bond acceptors (Lipinski definition) is 3. The molecule has 0 aliphatic carbocycles. The van der Waals surface area contributed by atoms with Gasteiger partial charge in [0.25, 0.3) is 0 Å². The highest BCUT2D eigenvalue weighted by Crippen LogP contribution is 2.13. The lowest BCUT2D eigenvalue weighted by molar-refractivity contribution is -0.121. The van der Waals surface area contributed by atoms with Crippen molar-refractivity contribution in [3.05, 3.63) is 65.7 Å². The molecular weight excluding hydrogens is 302 g/mol. The summed E-state index contributed by atoms with van der Waals surface area (Å²) in [5, 5.41) is 2.89. The maximum atomic E-state index is 12.1. The van der Waals surface area contributed by atoms with E-state index in [0.717, 1.165) is 12.2 Å². The van der Waals surface area contributed by atoms with Crippen molar-refractivity contribution < 1.29 is 14.3 Å². The van der Waals surface area contributed by atoms with Crippen LogP contribution in [0.15, 0.2) is 54.6 Å². The first kappa shape index (κ1) is 17.7. The van der Waals surface area contributed by atoms with Crippen LogP contribution in [0.3, 0.4) is 0 Å². The van der Waals surface area contributed by atoms with Crippen LogP contribution in [0.2, 0.25) is 0 Å². The molecule has 0 radical (unpaired) electrons. The Morgan fingerprint density at radius 1 is 0.958 bits per heavy atom. The van der Waals surface area contributed by atoms with E-state index >= 15 is 0 Å². The lowest BCUT2D eigenvalue weighted by atomic mass is 10.1. The van der Waals surface area contributed by atoms with Crippen LogP contribution in [0.25, 0.3) is 0 Å². The number of ketones is 1. The van der Waals surface area contributed by atoms with Gasteiger partial charge in [0.05, 0.1) is 7.11 Å². The molecule has 0 aliphatic rings. The van der Waals surface area contributed by atoms with Crippen LogP contribution < -0.4 is 10.1 Å². The maximum Gasteiger partial charge on any atom is 0.220 e. The van der Waals surface area contributed by atoms with Crippen molar-refractivity contribution in [3.8, 4) is 5.75 Å². The van der Waals surface area contributed by atoms with E-state index in [-0.39, 0.29) is 11.7 Å². The van der Waals surface area contributed by atoms with Gasteiger partial charge in [0, 0.05) is 24.9 Å². The van der Waals surface area contributed by atoms with Gasteiger partial charge < -0.3 is 10.1 Å². The van der Waals surface area contributed by atoms with Crippen LogP contribution in [-0.2, 0) is 11.2 Å². The van der Waals surface area contributed by atoms with Crippen molar-refractivity contribution in [1.82, 2.24) is 5.32 Å². The standard InChI is InChI=1S/C20H23NO3/c1-24-18-12-10-17(11-13-18)19(22)8-5-9-20(23)21-15-14-16-6-3-2-4-7-16/h2-4,6-7,10-13H,5,8-9,14-15H2,1H3,(H,21,23). The van der Waals surface area contributed by atoms with Gasteiger partial charge >= 0.3 is 0 Å². The summed E-state index contributed by atoms with van der Waals surface area (Å²) in [4.78, 5) is 23.8. The molecule has 4 nitrogen and oxygen atoms in total. The number of hydrogen-bond donors (Lipinski definition) is 1. The van der Waals surface area contributed by atoms with Gasteiger partial charge in [-0.05, 0) is 42.7 Å². The molecule has 2 aromatic carbocycles. The summed E-state index contributed by atoms with van der Waals surface area (Å²) in [6.45, 7) is 0.620. The number of nitrogens with one attached hydrogen (secondary N) is 1. The fourth-order valence-electron chi connectivity index (χ4n) is 2.41. The predicted octanol–water partition coefficient (Wildman–Crippen LogP) is 3.41. The van der Waals surface area contributed by atoms with Gasteiger partial charge in [-0.25, -0.2) is 0 Å². The Bertz CT molecular complexity index is 650. The molecule has 0 aliphatic heterocycles. The third-order valence-electron chi connectivity index (χ3n) is 3.80. The molecule has 126 valence electrons. The summed E-state index contributed by atoms with van der Waals surface area (Å²) in [5.74, 6) is 0.771. The fraction of sp³-hybridized carbons (Fsp3) is 0.300. The Kier molecular flexibility index (Phi) is 7.02. The van der Waals surface area contributed by atoms with Crippen molar-refractivity contribution in [2.75, 3.05) is 13.7 Å². The summed E-state index contributed by atoms with van der Waals surface area (Å²) >= 11 is 0. The van der Waals surface area contributed by atoms with Crippen LogP contribution in [-0.4, -0.2) is 25.3 Å². The molecule has 1 amide bonds. The van der Waals surface area contributed by atoms with Crippen LogP contribution >= 0.6 is 0 Å². The summed E-state index contributed by atoms with van der Waals surface area (Å²) in [6, 6.07) is 17.1. The highest BCUT2D eigenvalue weighted by Gasteiger charge is 2.08. The lowest BCUT2D eigenvalue weighted by Gasteiger charge is -2.06. The quantitative estimate of drug-likeness (QED) is 0.719. The number of methoxy groups -OCH3 is 1. The van der Waals surface area contributed by atoms with E-state index in [2.05, 4.69) is 5.32 Å². The van der Waals surface area contributed by atoms with E-state index < -0.39 is 0 Å². The molecule has 0 atom stereocenters. The molecule has 0 unspecified atom stereocenters.